The zero-order chi connectivity index (χ0) is 14.7. The largest absolute Gasteiger partial charge is 0.457 e. The van der Waals surface area contributed by atoms with Gasteiger partial charge in [0.05, 0.1) is 16.1 Å². The highest BCUT2D eigenvalue weighted by atomic mass is 35.5. The topological polar surface area (TPSA) is 76.1 Å². The van der Waals surface area contributed by atoms with Gasteiger partial charge in [-0.05, 0) is 37.3 Å². The molecule has 2 N–H and O–H groups in total. The number of Topliss-reactive ketones (excluding diaryl/α,β-unsaturated/α-hetero) is 1. The second-order valence-electron chi connectivity index (χ2n) is 4.17. The number of nitrogens with zero attached hydrogens (tertiary/aromatic N) is 1. The number of benzene rings is 2. The van der Waals surface area contributed by atoms with Crippen molar-refractivity contribution in [2.45, 2.75) is 6.92 Å². The number of ether oxygens (including phenoxy) is 1. The number of carbonyl (C=O) groups excluding carboxylic acids is 1. The quantitative estimate of drug-likeness (QED) is 0.688. The fraction of sp³-hybridized carbons (Fsp3) is 0.0667. The van der Waals surface area contributed by atoms with Crippen LogP contribution in [0.4, 0.5) is 5.69 Å². The number of rotatable bonds is 3. The van der Waals surface area contributed by atoms with E-state index in [1.165, 1.54) is 13.0 Å². The minimum Gasteiger partial charge on any atom is -0.457 e. The fourth-order valence-electron chi connectivity index (χ4n) is 1.69. The third kappa shape index (κ3) is 2.90. The lowest BCUT2D eigenvalue weighted by Gasteiger charge is -2.10. The molecular formula is C15H11ClN2O2. The molecule has 0 saturated carbocycles. The third-order valence-electron chi connectivity index (χ3n) is 2.67. The number of ketones is 1. The molecule has 0 aliphatic carbocycles. The number of nitrogens with two attached hydrogens (primary N) is 1. The smallest absolute Gasteiger partial charge is 0.163 e. The molecule has 0 saturated heterocycles. The minimum atomic E-state index is -0.146. The van der Waals surface area contributed by atoms with Crippen LogP contribution in [0.15, 0.2) is 36.4 Å². The highest BCUT2D eigenvalue weighted by Crippen LogP contribution is 2.30. The molecule has 0 bridgehead atoms. The lowest BCUT2D eigenvalue weighted by molar-refractivity contribution is 0.101. The Kier molecular flexibility index (Phi) is 3.92. The van der Waals surface area contributed by atoms with Gasteiger partial charge < -0.3 is 10.5 Å². The van der Waals surface area contributed by atoms with Gasteiger partial charge in [0.25, 0.3) is 0 Å². The maximum Gasteiger partial charge on any atom is 0.163 e. The summed E-state index contributed by atoms with van der Waals surface area (Å²) in [7, 11) is 0. The summed E-state index contributed by atoms with van der Waals surface area (Å²) in [6, 6.07) is 11.5. The van der Waals surface area contributed by atoms with Crippen LogP contribution in [0.2, 0.25) is 5.02 Å². The number of hydrogen-bond acceptors (Lipinski definition) is 4. The van der Waals surface area contributed by atoms with Crippen LogP contribution in [-0.2, 0) is 0 Å². The van der Waals surface area contributed by atoms with Crippen molar-refractivity contribution in [1.29, 1.82) is 5.26 Å². The van der Waals surface area contributed by atoms with Crippen molar-refractivity contribution in [3.63, 3.8) is 0 Å². The average molecular weight is 287 g/mol. The Morgan fingerprint density at radius 1 is 1.30 bits per heavy atom. The van der Waals surface area contributed by atoms with Crippen LogP contribution in [0, 0.1) is 11.3 Å². The predicted octanol–water partition coefficient (Wildman–Crippen LogP) is 3.79. The third-order valence-corrected chi connectivity index (χ3v) is 2.98. The van der Waals surface area contributed by atoms with Crippen LogP contribution in [0.1, 0.15) is 22.8 Å². The lowest BCUT2D eigenvalue weighted by atomic mass is 10.1. The first kappa shape index (κ1) is 13.9. The number of carbonyl (C=O) groups is 1. The summed E-state index contributed by atoms with van der Waals surface area (Å²) >= 11 is 5.93. The number of nitrogen functional groups attached to an aromatic ring is 1. The Hall–Kier alpha value is -2.51. The number of hydrogen-bond donors (Lipinski definition) is 1. The van der Waals surface area contributed by atoms with Gasteiger partial charge in [-0.2, -0.15) is 5.26 Å². The summed E-state index contributed by atoms with van der Waals surface area (Å²) in [5.41, 5.74) is 6.90. The van der Waals surface area contributed by atoms with E-state index in [0.29, 0.717) is 33.3 Å². The maximum atomic E-state index is 11.6. The molecule has 0 unspecified atom stereocenters. The molecule has 0 aliphatic rings. The Morgan fingerprint density at radius 3 is 2.65 bits per heavy atom. The van der Waals surface area contributed by atoms with Gasteiger partial charge in [-0.15, -0.1) is 0 Å². The maximum absolute atomic E-state index is 11.6. The van der Waals surface area contributed by atoms with E-state index in [1.807, 2.05) is 6.07 Å². The molecule has 0 heterocycles. The standard InChI is InChI=1S/C15H11ClN2O2/c1-9(19)13-6-11(18)3-5-15(13)20-12-4-2-10(8-17)14(16)7-12/h2-7H,18H2,1H3. The number of halogens is 1. The van der Waals surface area contributed by atoms with E-state index < -0.39 is 0 Å². The summed E-state index contributed by atoms with van der Waals surface area (Å²) in [5, 5.41) is 9.11. The predicted molar refractivity (Wildman–Crippen MR) is 77.1 cm³/mol. The van der Waals surface area contributed by atoms with Crippen molar-refractivity contribution in [2.75, 3.05) is 5.73 Å². The van der Waals surface area contributed by atoms with Gasteiger partial charge in [-0.25, -0.2) is 0 Å². The highest BCUT2D eigenvalue weighted by Gasteiger charge is 2.11. The first-order chi connectivity index (χ1) is 9.51. The molecule has 2 aromatic rings. The van der Waals surface area contributed by atoms with Gasteiger partial charge in [0.15, 0.2) is 5.78 Å². The van der Waals surface area contributed by atoms with E-state index in [-0.39, 0.29) is 5.78 Å². The van der Waals surface area contributed by atoms with E-state index in [2.05, 4.69) is 0 Å². The second-order valence-corrected chi connectivity index (χ2v) is 4.57. The minimum absolute atomic E-state index is 0.146. The molecular weight excluding hydrogens is 276 g/mol. The molecule has 20 heavy (non-hydrogen) atoms. The van der Waals surface area contributed by atoms with Crippen molar-refractivity contribution < 1.29 is 9.53 Å². The van der Waals surface area contributed by atoms with E-state index in [4.69, 9.17) is 27.3 Å². The van der Waals surface area contributed by atoms with Gasteiger partial charge in [-0.1, -0.05) is 11.6 Å². The first-order valence-corrected chi connectivity index (χ1v) is 6.17. The van der Waals surface area contributed by atoms with Crippen LogP contribution in [0.25, 0.3) is 0 Å². The Balaban J connectivity index is 2.38. The Morgan fingerprint density at radius 2 is 2.05 bits per heavy atom. The zero-order valence-electron chi connectivity index (χ0n) is 10.7. The number of anilines is 1. The summed E-state index contributed by atoms with van der Waals surface area (Å²) in [5.74, 6) is 0.695. The average Bonchev–Trinajstić information content (AvgIpc) is 2.41. The molecule has 0 amide bonds. The van der Waals surface area contributed by atoms with Gasteiger partial charge in [0.2, 0.25) is 0 Å². The van der Waals surface area contributed by atoms with Crippen LogP contribution in [0.3, 0.4) is 0 Å². The lowest BCUT2D eigenvalue weighted by Crippen LogP contribution is -1.99. The highest BCUT2D eigenvalue weighted by molar-refractivity contribution is 6.31. The molecule has 0 aliphatic heterocycles. The molecule has 2 aromatic carbocycles. The zero-order valence-corrected chi connectivity index (χ0v) is 11.4. The van der Waals surface area contributed by atoms with E-state index in [1.54, 1.807) is 30.3 Å². The molecule has 0 radical (unpaired) electrons. The Labute approximate surface area is 121 Å². The Bertz CT molecular complexity index is 720. The first-order valence-electron chi connectivity index (χ1n) is 5.79. The van der Waals surface area contributed by atoms with E-state index in [0.717, 1.165) is 0 Å². The van der Waals surface area contributed by atoms with E-state index in [9.17, 15) is 4.79 Å². The van der Waals surface area contributed by atoms with Crippen LogP contribution >= 0.6 is 11.6 Å². The molecule has 2 rings (SSSR count). The van der Waals surface area contributed by atoms with Crippen molar-refractivity contribution >= 4 is 23.1 Å². The monoisotopic (exact) mass is 286 g/mol. The SMILES string of the molecule is CC(=O)c1cc(N)ccc1Oc1ccc(C#N)c(Cl)c1. The molecule has 0 fully saturated rings. The molecule has 4 nitrogen and oxygen atoms in total. The van der Waals surface area contributed by atoms with Crippen molar-refractivity contribution in [2.24, 2.45) is 0 Å². The number of nitriles is 1. The summed E-state index contributed by atoms with van der Waals surface area (Å²) in [6.45, 7) is 1.44. The summed E-state index contributed by atoms with van der Waals surface area (Å²) in [4.78, 5) is 11.6. The van der Waals surface area contributed by atoms with E-state index >= 15 is 0 Å². The van der Waals surface area contributed by atoms with Crippen LogP contribution < -0.4 is 10.5 Å². The second kappa shape index (κ2) is 5.64. The molecule has 0 spiro atoms. The van der Waals surface area contributed by atoms with Gasteiger partial charge in [0.1, 0.15) is 17.6 Å². The van der Waals surface area contributed by atoms with Gasteiger partial charge >= 0.3 is 0 Å². The van der Waals surface area contributed by atoms with Gasteiger partial charge in [-0.3, -0.25) is 4.79 Å². The molecule has 100 valence electrons. The van der Waals surface area contributed by atoms with Gasteiger partial charge in [0, 0.05) is 11.8 Å². The van der Waals surface area contributed by atoms with Crippen LogP contribution in [0.5, 0.6) is 11.5 Å². The molecule has 0 atom stereocenters. The summed E-state index contributed by atoms with van der Waals surface area (Å²) < 4.78 is 5.64. The normalized spacial score (nSPS) is 9.85. The van der Waals surface area contributed by atoms with Crippen molar-refractivity contribution in [3.8, 4) is 17.6 Å². The molecule has 0 aromatic heterocycles. The van der Waals surface area contributed by atoms with Crippen molar-refractivity contribution in [3.05, 3.63) is 52.5 Å². The molecule has 5 heteroatoms. The fourth-order valence-corrected chi connectivity index (χ4v) is 1.90. The van der Waals surface area contributed by atoms with Crippen molar-refractivity contribution in [1.82, 2.24) is 0 Å². The summed E-state index contributed by atoms with van der Waals surface area (Å²) in [6.07, 6.45) is 0. The van der Waals surface area contributed by atoms with Crippen LogP contribution in [-0.4, -0.2) is 5.78 Å².